The molecule has 26 heavy (non-hydrogen) atoms. The molecule has 2 aromatic rings. The molecule has 0 saturated heterocycles. The van der Waals surface area contributed by atoms with E-state index in [1.807, 2.05) is 0 Å². The molecule has 1 aromatic heterocycles. The van der Waals surface area contributed by atoms with E-state index in [1.54, 1.807) is 36.4 Å². The van der Waals surface area contributed by atoms with Crippen LogP contribution in [0.2, 0.25) is 0 Å². The molecule has 0 N–H and O–H groups in total. The molecule has 8 nitrogen and oxygen atoms in total. The number of rotatable bonds is 6. The Labute approximate surface area is 148 Å². The van der Waals surface area contributed by atoms with E-state index in [1.165, 1.54) is 20.5 Å². The first-order valence-electron chi connectivity index (χ1n) is 7.55. The van der Waals surface area contributed by atoms with Crippen LogP contribution < -0.4 is 9.47 Å². The third-order valence-corrected chi connectivity index (χ3v) is 3.42. The summed E-state index contributed by atoms with van der Waals surface area (Å²) in [6.45, 7) is -0.240. The maximum atomic E-state index is 12.0. The molecule has 0 bridgehead atoms. The van der Waals surface area contributed by atoms with Crippen molar-refractivity contribution in [3.05, 3.63) is 53.6 Å². The van der Waals surface area contributed by atoms with E-state index >= 15 is 0 Å². The van der Waals surface area contributed by atoms with E-state index in [4.69, 9.17) is 18.6 Å². The van der Waals surface area contributed by atoms with Crippen molar-refractivity contribution >= 4 is 23.9 Å². The third-order valence-electron chi connectivity index (χ3n) is 3.42. The fourth-order valence-electron chi connectivity index (χ4n) is 2.16. The highest BCUT2D eigenvalue weighted by molar-refractivity contribution is 6.11. The van der Waals surface area contributed by atoms with Crippen LogP contribution in [0.15, 0.2) is 51.7 Å². The van der Waals surface area contributed by atoms with Crippen molar-refractivity contribution in [3.63, 3.8) is 0 Å². The summed E-state index contributed by atoms with van der Waals surface area (Å²) < 4.78 is 25.4. The van der Waals surface area contributed by atoms with Gasteiger partial charge in [0.05, 0.1) is 20.5 Å². The molecule has 0 unspecified atom stereocenters. The van der Waals surface area contributed by atoms with E-state index < -0.39 is 11.9 Å². The van der Waals surface area contributed by atoms with Crippen molar-refractivity contribution in [2.45, 2.75) is 0 Å². The monoisotopic (exact) mass is 357 g/mol. The minimum atomic E-state index is -0.582. The molecule has 2 heterocycles. The first kappa shape index (κ1) is 17.3. The van der Waals surface area contributed by atoms with Gasteiger partial charge in [-0.05, 0) is 35.9 Å². The second-order valence-corrected chi connectivity index (χ2v) is 5.09. The zero-order valence-corrected chi connectivity index (χ0v) is 14.1. The highest BCUT2D eigenvalue weighted by atomic mass is 16.6. The van der Waals surface area contributed by atoms with Crippen LogP contribution in [0.1, 0.15) is 11.3 Å². The highest BCUT2D eigenvalue weighted by Gasteiger charge is 2.25. The number of hydrogen-bond donors (Lipinski definition) is 0. The van der Waals surface area contributed by atoms with Crippen molar-refractivity contribution in [2.75, 3.05) is 20.8 Å². The molecule has 8 heteroatoms. The largest absolute Gasteiger partial charge is 0.493 e. The summed E-state index contributed by atoms with van der Waals surface area (Å²) in [4.78, 5) is 27.3. The Bertz CT molecular complexity index is 881. The average Bonchev–Trinajstić information content (AvgIpc) is 3.30. The van der Waals surface area contributed by atoms with Crippen molar-refractivity contribution in [1.82, 2.24) is 0 Å². The lowest BCUT2D eigenvalue weighted by Crippen LogP contribution is -2.12. The van der Waals surface area contributed by atoms with Crippen LogP contribution in [0.25, 0.3) is 6.08 Å². The molecule has 0 spiro atoms. The van der Waals surface area contributed by atoms with E-state index in [0.717, 1.165) is 0 Å². The van der Waals surface area contributed by atoms with Gasteiger partial charge in [0.15, 0.2) is 29.6 Å². The number of ether oxygens (including phenoxy) is 4. The van der Waals surface area contributed by atoms with Crippen LogP contribution in [0.3, 0.4) is 0 Å². The Hall–Kier alpha value is -3.55. The third kappa shape index (κ3) is 3.75. The number of methoxy groups -OCH3 is 2. The van der Waals surface area contributed by atoms with Gasteiger partial charge in [-0.25, -0.2) is 14.6 Å². The smallest absolute Gasteiger partial charge is 0.363 e. The fourth-order valence-corrected chi connectivity index (χ4v) is 2.16. The summed E-state index contributed by atoms with van der Waals surface area (Å²) >= 11 is 0. The number of carbonyl (C=O) groups is 2. The molecule has 1 aliphatic heterocycles. The number of esters is 2. The Morgan fingerprint density at radius 2 is 2.08 bits per heavy atom. The summed E-state index contributed by atoms with van der Waals surface area (Å²) in [6.07, 6.45) is 3.01. The van der Waals surface area contributed by atoms with Gasteiger partial charge in [-0.15, -0.1) is 0 Å². The second kappa shape index (κ2) is 7.56. The molecule has 0 amide bonds. The number of carbonyl (C=O) groups excluding carboxylic acids is 2. The Morgan fingerprint density at radius 1 is 1.23 bits per heavy atom. The van der Waals surface area contributed by atoms with E-state index in [2.05, 4.69) is 9.73 Å². The molecule has 3 rings (SSSR count). The van der Waals surface area contributed by atoms with Gasteiger partial charge in [0.2, 0.25) is 0 Å². The molecular formula is C18H15NO7. The Kier molecular flexibility index (Phi) is 5.02. The van der Waals surface area contributed by atoms with Crippen molar-refractivity contribution in [3.8, 4) is 11.5 Å². The van der Waals surface area contributed by atoms with Gasteiger partial charge in [-0.1, -0.05) is 6.07 Å². The summed E-state index contributed by atoms with van der Waals surface area (Å²) in [5.41, 5.74) is 0.769. The molecule has 1 aromatic carbocycles. The van der Waals surface area contributed by atoms with Gasteiger partial charge in [0.1, 0.15) is 0 Å². The van der Waals surface area contributed by atoms with Crippen molar-refractivity contribution in [1.29, 1.82) is 0 Å². The van der Waals surface area contributed by atoms with Gasteiger partial charge in [0, 0.05) is 0 Å². The normalized spacial score (nSPS) is 14.8. The molecular weight excluding hydrogens is 342 g/mol. The highest BCUT2D eigenvalue weighted by Crippen LogP contribution is 2.29. The SMILES string of the molecule is COC(=O)COc1ccc(/C=C2\N=C(c3ccco3)OC2=O)cc1OC. The van der Waals surface area contributed by atoms with E-state index in [9.17, 15) is 9.59 Å². The number of cyclic esters (lactones) is 1. The first-order valence-corrected chi connectivity index (χ1v) is 7.55. The fraction of sp³-hybridized carbons (Fsp3) is 0.167. The number of nitrogens with zero attached hydrogens (tertiary/aromatic N) is 1. The van der Waals surface area contributed by atoms with Gasteiger partial charge >= 0.3 is 11.9 Å². The number of furan rings is 1. The average molecular weight is 357 g/mol. The van der Waals surface area contributed by atoms with Crippen molar-refractivity contribution in [2.24, 2.45) is 4.99 Å². The zero-order valence-electron chi connectivity index (χ0n) is 14.1. The summed E-state index contributed by atoms with van der Waals surface area (Å²) in [5.74, 6) is 0.147. The van der Waals surface area contributed by atoms with Crippen LogP contribution in [-0.2, 0) is 19.1 Å². The maximum absolute atomic E-state index is 12.0. The van der Waals surface area contributed by atoms with Gasteiger partial charge < -0.3 is 23.4 Å². The minimum Gasteiger partial charge on any atom is -0.493 e. The summed E-state index contributed by atoms with van der Waals surface area (Å²) in [5, 5.41) is 0. The summed E-state index contributed by atoms with van der Waals surface area (Å²) in [7, 11) is 2.74. The number of aliphatic imine (C=N–C) groups is 1. The predicted molar refractivity (Wildman–Crippen MR) is 89.8 cm³/mol. The molecule has 1 aliphatic rings. The molecule has 0 atom stereocenters. The Balaban J connectivity index is 1.82. The maximum Gasteiger partial charge on any atom is 0.363 e. The topological polar surface area (TPSA) is 96.6 Å². The van der Waals surface area contributed by atoms with Crippen LogP contribution in [-0.4, -0.2) is 38.7 Å². The molecule has 0 radical (unpaired) electrons. The Morgan fingerprint density at radius 3 is 2.77 bits per heavy atom. The van der Waals surface area contributed by atoms with Crippen molar-refractivity contribution < 1.29 is 33.0 Å². The lowest BCUT2D eigenvalue weighted by Gasteiger charge is -2.10. The lowest BCUT2D eigenvalue weighted by molar-refractivity contribution is -0.143. The number of benzene rings is 1. The first-order chi connectivity index (χ1) is 12.6. The second-order valence-electron chi connectivity index (χ2n) is 5.09. The molecule has 134 valence electrons. The van der Waals surface area contributed by atoms with Crippen LogP contribution in [0.5, 0.6) is 11.5 Å². The summed E-state index contributed by atoms with van der Waals surface area (Å²) in [6, 6.07) is 8.27. The van der Waals surface area contributed by atoms with Gasteiger partial charge in [-0.2, -0.15) is 0 Å². The van der Waals surface area contributed by atoms with Gasteiger partial charge in [-0.3, -0.25) is 0 Å². The quantitative estimate of drug-likeness (QED) is 0.577. The molecule has 0 saturated carbocycles. The zero-order chi connectivity index (χ0) is 18.5. The minimum absolute atomic E-state index is 0.108. The molecule has 0 fully saturated rings. The standard InChI is InChI=1S/C18H15NO7/c1-22-15-9-11(5-6-13(15)25-10-16(20)23-2)8-12-18(21)26-17(19-12)14-4-3-7-24-14/h3-9H,10H2,1-2H3/b12-8-. The molecule has 0 aliphatic carbocycles. The van der Waals surface area contributed by atoms with E-state index in [0.29, 0.717) is 22.8 Å². The predicted octanol–water partition coefficient (Wildman–Crippen LogP) is 2.18. The van der Waals surface area contributed by atoms with Crippen LogP contribution >= 0.6 is 0 Å². The number of hydrogen-bond acceptors (Lipinski definition) is 8. The lowest BCUT2D eigenvalue weighted by atomic mass is 10.1. The van der Waals surface area contributed by atoms with Crippen LogP contribution in [0.4, 0.5) is 0 Å². The van der Waals surface area contributed by atoms with Crippen LogP contribution in [0, 0.1) is 0 Å². The van der Waals surface area contributed by atoms with E-state index in [-0.39, 0.29) is 18.2 Å². The van der Waals surface area contributed by atoms with Gasteiger partial charge in [0.25, 0.3) is 5.90 Å².